The molecule has 0 saturated heterocycles. The third-order valence-electron chi connectivity index (χ3n) is 3.88. The number of rotatable bonds is 9. The summed E-state index contributed by atoms with van der Waals surface area (Å²) in [4.78, 5) is 35.9. The van der Waals surface area contributed by atoms with Gasteiger partial charge in [0, 0.05) is 35.6 Å². The normalized spacial score (nSPS) is 10.1. The summed E-state index contributed by atoms with van der Waals surface area (Å²) in [5.41, 5.74) is 2.37. The van der Waals surface area contributed by atoms with Gasteiger partial charge in [-0.2, -0.15) is 0 Å². The molecule has 148 valence electrons. The van der Waals surface area contributed by atoms with E-state index in [1.54, 1.807) is 48.5 Å². The molecule has 0 spiro atoms. The van der Waals surface area contributed by atoms with Crippen molar-refractivity contribution in [1.82, 2.24) is 10.6 Å². The highest BCUT2D eigenvalue weighted by molar-refractivity contribution is 5.97. The molecule has 7 heteroatoms. The molecule has 0 saturated carbocycles. The van der Waals surface area contributed by atoms with E-state index >= 15 is 0 Å². The number of anilines is 2. The van der Waals surface area contributed by atoms with Crippen LogP contribution in [-0.2, 0) is 4.79 Å². The molecule has 2 rings (SSSR count). The second-order valence-corrected chi connectivity index (χ2v) is 6.18. The Bertz CT molecular complexity index is 819. The lowest BCUT2D eigenvalue weighted by Crippen LogP contribution is -2.24. The highest BCUT2D eigenvalue weighted by Crippen LogP contribution is 2.12. The van der Waals surface area contributed by atoms with E-state index in [9.17, 15) is 14.4 Å². The molecule has 0 aliphatic carbocycles. The molecule has 0 fully saturated rings. The van der Waals surface area contributed by atoms with Crippen molar-refractivity contribution in [3.63, 3.8) is 0 Å². The van der Waals surface area contributed by atoms with Gasteiger partial charge in [-0.3, -0.25) is 14.4 Å². The maximum atomic E-state index is 12.1. The van der Waals surface area contributed by atoms with Crippen LogP contribution < -0.4 is 21.3 Å². The molecule has 4 N–H and O–H groups in total. The van der Waals surface area contributed by atoms with Crippen LogP contribution in [0.15, 0.2) is 48.5 Å². The van der Waals surface area contributed by atoms with Gasteiger partial charge in [0.1, 0.15) is 0 Å². The first-order valence-corrected chi connectivity index (χ1v) is 9.33. The number of carbonyl (C=O) groups excluding carboxylic acids is 3. The topological polar surface area (TPSA) is 99.3 Å². The standard InChI is InChI=1S/C21H26N4O3/c1-3-12-23-21(28)16-6-5-7-18(13-16)24-14-19(26)25-17-10-8-15(9-11-17)20(27)22-4-2/h5-11,13,24H,3-4,12,14H2,1-2H3,(H,22,27)(H,23,28)(H,25,26). The van der Waals surface area contributed by atoms with Crippen molar-refractivity contribution < 1.29 is 14.4 Å². The first kappa shape index (κ1) is 21.0. The predicted molar refractivity (Wildman–Crippen MR) is 111 cm³/mol. The Labute approximate surface area is 164 Å². The molecular formula is C21H26N4O3. The van der Waals surface area contributed by atoms with Gasteiger partial charge in [-0.05, 0) is 55.8 Å². The van der Waals surface area contributed by atoms with Crippen LogP contribution in [0.1, 0.15) is 41.0 Å². The lowest BCUT2D eigenvalue weighted by Gasteiger charge is -2.10. The van der Waals surface area contributed by atoms with Crippen molar-refractivity contribution in [2.75, 3.05) is 30.3 Å². The summed E-state index contributed by atoms with van der Waals surface area (Å²) < 4.78 is 0. The van der Waals surface area contributed by atoms with Gasteiger partial charge in [0.05, 0.1) is 6.54 Å². The van der Waals surface area contributed by atoms with Crippen LogP contribution in [0.4, 0.5) is 11.4 Å². The maximum absolute atomic E-state index is 12.1. The zero-order valence-corrected chi connectivity index (χ0v) is 16.2. The molecule has 0 heterocycles. The average Bonchev–Trinajstić information content (AvgIpc) is 2.71. The van der Waals surface area contributed by atoms with Crippen LogP contribution in [-0.4, -0.2) is 37.4 Å². The van der Waals surface area contributed by atoms with Crippen LogP contribution in [0, 0.1) is 0 Å². The molecule has 0 aromatic heterocycles. The third kappa shape index (κ3) is 6.42. The minimum absolute atomic E-state index is 0.0537. The number of nitrogens with one attached hydrogen (secondary N) is 4. The highest BCUT2D eigenvalue weighted by atomic mass is 16.2. The zero-order valence-electron chi connectivity index (χ0n) is 16.2. The largest absolute Gasteiger partial charge is 0.376 e. The fourth-order valence-electron chi connectivity index (χ4n) is 2.47. The van der Waals surface area contributed by atoms with E-state index in [2.05, 4.69) is 21.3 Å². The molecule has 0 atom stereocenters. The molecule has 0 bridgehead atoms. The summed E-state index contributed by atoms with van der Waals surface area (Å²) in [6.45, 7) is 5.08. The SMILES string of the molecule is CCCNC(=O)c1cccc(NCC(=O)Nc2ccc(C(=O)NCC)cc2)c1. The second-order valence-electron chi connectivity index (χ2n) is 6.18. The number of hydrogen-bond donors (Lipinski definition) is 4. The number of carbonyl (C=O) groups is 3. The number of amides is 3. The van der Waals surface area contributed by atoms with Crippen LogP contribution in [0.25, 0.3) is 0 Å². The minimum Gasteiger partial charge on any atom is -0.376 e. The molecule has 0 radical (unpaired) electrons. The van der Waals surface area contributed by atoms with Gasteiger partial charge in [-0.15, -0.1) is 0 Å². The fourth-order valence-corrected chi connectivity index (χ4v) is 2.47. The van der Waals surface area contributed by atoms with Crippen LogP contribution >= 0.6 is 0 Å². The molecule has 2 aromatic carbocycles. The summed E-state index contributed by atoms with van der Waals surface area (Å²) in [6, 6.07) is 13.7. The van der Waals surface area contributed by atoms with Crippen molar-refractivity contribution >= 4 is 29.1 Å². The smallest absolute Gasteiger partial charge is 0.251 e. The molecular weight excluding hydrogens is 356 g/mol. The minimum atomic E-state index is -0.230. The summed E-state index contributed by atoms with van der Waals surface area (Å²) in [7, 11) is 0. The first-order chi connectivity index (χ1) is 13.5. The van der Waals surface area contributed by atoms with Crippen molar-refractivity contribution in [3.8, 4) is 0 Å². The molecule has 0 aliphatic rings. The van der Waals surface area contributed by atoms with Gasteiger partial charge in [0.2, 0.25) is 5.91 Å². The van der Waals surface area contributed by atoms with E-state index in [0.29, 0.717) is 35.6 Å². The molecule has 7 nitrogen and oxygen atoms in total. The quantitative estimate of drug-likeness (QED) is 0.536. The van der Waals surface area contributed by atoms with E-state index in [-0.39, 0.29) is 24.3 Å². The lowest BCUT2D eigenvalue weighted by molar-refractivity contribution is -0.114. The van der Waals surface area contributed by atoms with Gasteiger partial charge in [-0.1, -0.05) is 13.0 Å². The summed E-state index contributed by atoms with van der Waals surface area (Å²) in [5.74, 6) is -0.515. The zero-order chi connectivity index (χ0) is 20.4. The number of hydrogen-bond acceptors (Lipinski definition) is 4. The van der Waals surface area contributed by atoms with Crippen LogP contribution in [0.5, 0.6) is 0 Å². The van der Waals surface area contributed by atoms with E-state index in [1.165, 1.54) is 0 Å². The Morgan fingerprint density at radius 2 is 1.54 bits per heavy atom. The molecule has 0 aliphatic heterocycles. The fraction of sp³-hybridized carbons (Fsp3) is 0.286. The van der Waals surface area contributed by atoms with Gasteiger partial charge >= 0.3 is 0 Å². The summed E-state index contributed by atoms with van der Waals surface area (Å²) >= 11 is 0. The molecule has 2 aromatic rings. The Hall–Kier alpha value is -3.35. The predicted octanol–water partition coefficient (Wildman–Crippen LogP) is 2.63. The number of benzene rings is 2. The average molecular weight is 382 g/mol. The molecule has 3 amide bonds. The van der Waals surface area contributed by atoms with Crippen molar-refractivity contribution in [2.24, 2.45) is 0 Å². The Kier molecular flexibility index (Phi) is 8.02. The van der Waals surface area contributed by atoms with Crippen molar-refractivity contribution in [2.45, 2.75) is 20.3 Å². The molecule has 0 unspecified atom stereocenters. The van der Waals surface area contributed by atoms with Gasteiger partial charge in [0.25, 0.3) is 11.8 Å². The van der Waals surface area contributed by atoms with Gasteiger partial charge < -0.3 is 21.3 Å². The summed E-state index contributed by atoms with van der Waals surface area (Å²) in [6.07, 6.45) is 0.869. The van der Waals surface area contributed by atoms with Gasteiger partial charge in [0.15, 0.2) is 0 Å². The van der Waals surface area contributed by atoms with Crippen molar-refractivity contribution in [3.05, 3.63) is 59.7 Å². The van der Waals surface area contributed by atoms with E-state index < -0.39 is 0 Å². The van der Waals surface area contributed by atoms with Crippen LogP contribution in [0.2, 0.25) is 0 Å². The first-order valence-electron chi connectivity index (χ1n) is 9.33. The van der Waals surface area contributed by atoms with E-state index in [0.717, 1.165) is 6.42 Å². The maximum Gasteiger partial charge on any atom is 0.251 e. The van der Waals surface area contributed by atoms with E-state index in [4.69, 9.17) is 0 Å². The second kappa shape index (κ2) is 10.7. The summed E-state index contributed by atoms with van der Waals surface area (Å²) in [5, 5.41) is 11.3. The third-order valence-corrected chi connectivity index (χ3v) is 3.88. The monoisotopic (exact) mass is 382 g/mol. The Balaban J connectivity index is 1.87. The Morgan fingerprint density at radius 1 is 0.821 bits per heavy atom. The van der Waals surface area contributed by atoms with Gasteiger partial charge in [-0.25, -0.2) is 0 Å². The van der Waals surface area contributed by atoms with E-state index in [1.807, 2.05) is 13.8 Å². The highest BCUT2D eigenvalue weighted by Gasteiger charge is 2.08. The lowest BCUT2D eigenvalue weighted by atomic mass is 10.2. The Morgan fingerprint density at radius 3 is 2.21 bits per heavy atom. The molecule has 28 heavy (non-hydrogen) atoms. The van der Waals surface area contributed by atoms with Crippen LogP contribution in [0.3, 0.4) is 0 Å². The van der Waals surface area contributed by atoms with Crippen molar-refractivity contribution in [1.29, 1.82) is 0 Å².